The lowest BCUT2D eigenvalue weighted by Crippen LogP contribution is -1.99. The fourth-order valence-electron chi connectivity index (χ4n) is 2.58. The lowest BCUT2D eigenvalue weighted by atomic mass is 10.1. The number of methoxy groups -OCH3 is 3. The fourth-order valence-corrected chi connectivity index (χ4v) is 2.58. The zero-order valence-electron chi connectivity index (χ0n) is 14.8. The van der Waals surface area contributed by atoms with Gasteiger partial charge < -0.3 is 25.3 Å². The largest absolute Gasteiger partial charge is 0.493 e. The zero-order chi connectivity index (χ0) is 18.5. The summed E-state index contributed by atoms with van der Waals surface area (Å²) in [6.45, 7) is 0. The van der Waals surface area contributed by atoms with Crippen LogP contribution in [0.5, 0.6) is 17.2 Å². The number of nitrogens with two attached hydrogens (primary N) is 1. The van der Waals surface area contributed by atoms with E-state index in [0.29, 0.717) is 28.8 Å². The smallest absolute Gasteiger partial charge is 0.203 e. The minimum atomic E-state index is 0.531. The number of benzene rings is 2. The van der Waals surface area contributed by atoms with Crippen LogP contribution in [0.3, 0.4) is 0 Å². The number of nitrogen functional groups attached to an aromatic ring is 1. The molecule has 0 spiro atoms. The Morgan fingerprint density at radius 1 is 0.885 bits per heavy atom. The second-order valence-electron chi connectivity index (χ2n) is 5.45. The maximum Gasteiger partial charge on any atom is 0.203 e. The summed E-state index contributed by atoms with van der Waals surface area (Å²) in [7, 11) is 4.71. The van der Waals surface area contributed by atoms with Gasteiger partial charge in [0.2, 0.25) is 5.75 Å². The van der Waals surface area contributed by atoms with Gasteiger partial charge in [0.15, 0.2) is 11.5 Å². The molecule has 0 saturated heterocycles. The summed E-state index contributed by atoms with van der Waals surface area (Å²) in [5.41, 5.74) is 8.96. The summed E-state index contributed by atoms with van der Waals surface area (Å²) < 4.78 is 16.1. The van der Waals surface area contributed by atoms with Gasteiger partial charge in [-0.2, -0.15) is 0 Å². The summed E-state index contributed by atoms with van der Waals surface area (Å²) in [4.78, 5) is 8.58. The van der Waals surface area contributed by atoms with Crippen molar-refractivity contribution in [1.82, 2.24) is 9.97 Å². The molecule has 3 N–H and O–H groups in total. The Balaban J connectivity index is 1.93. The maximum atomic E-state index is 5.85. The first-order chi connectivity index (χ1) is 12.6. The van der Waals surface area contributed by atoms with Gasteiger partial charge in [-0.25, -0.2) is 9.97 Å². The van der Waals surface area contributed by atoms with Gasteiger partial charge in [0.1, 0.15) is 12.1 Å². The van der Waals surface area contributed by atoms with E-state index in [1.807, 2.05) is 42.5 Å². The first-order valence-corrected chi connectivity index (χ1v) is 7.89. The summed E-state index contributed by atoms with van der Waals surface area (Å²) in [5.74, 6) is 2.27. The van der Waals surface area contributed by atoms with Gasteiger partial charge in [-0.1, -0.05) is 12.1 Å². The first kappa shape index (κ1) is 17.3. The Bertz CT molecular complexity index is 890. The number of aromatic nitrogens is 2. The Kier molecular flexibility index (Phi) is 5.07. The van der Waals surface area contributed by atoms with Crippen LogP contribution in [-0.2, 0) is 0 Å². The molecule has 134 valence electrons. The van der Waals surface area contributed by atoms with Crippen LogP contribution in [0, 0.1) is 0 Å². The van der Waals surface area contributed by atoms with Crippen molar-refractivity contribution in [2.75, 3.05) is 32.4 Å². The number of anilines is 3. The molecule has 1 heterocycles. The highest BCUT2D eigenvalue weighted by molar-refractivity contribution is 5.70. The Labute approximate surface area is 151 Å². The van der Waals surface area contributed by atoms with Gasteiger partial charge >= 0.3 is 0 Å². The van der Waals surface area contributed by atoms with Gasteiger partial charge in [0, 0.05) is 35.1 Å². The maximum absolute atomic E-state index is 5.85. The summed E-state index contributed by atoms with van der Waals surface area (Å²) in [5, 5.41) is 3.23. The van der Waals surface area contributed by atoms with E-state index in [9.17, 15) is 0 Å². The number of nitrogens with one attached hydrogen (secondary N) is 1. The average molecular weight is 352 g/mol. The number of ether oxygens (including phenoxy) is 3. The van der Waals surface area contributed by atoms with Crippen LogP contribution >= 0.6 is 0 Å². The van der Waals surface area contributed by atoms with E-state index >= 15 is 0 Å². The molecule has 0 aliphatic rings. The fraction of sp³-hybridized carbons (Fsp3) is 0.158. The molecule has 0 aliphatic heterocycles. The van der Waals surface area contributed by atoms with Crippen LogP contribution in [0.2, 0.25) is 0 Å². The minimum Gasteiger partial charge on any atom is -0.493 e. The van der Waals surface area contributed by atoms with Crippen LogP contribution in [0.15, 0.2) is 48.8 Å². The molecule has 0 radical (unpaired) electrons. The third-order valence-corrected chi connectivity index (χ3v) is 3.79. The van der Waals surface area contributed by atoms with Gasteiger partial charge in [-0.15, -0.1) is 0 Å². The molecule has 0 unspecified atom stereocenters. The van der Waals surface area contributed by atoms with Crippen LogP contribution < -0.4 is 25.3 Å². The van der Waals surface area contributed by atoms with Crippen molar-refractivity contribution in [3.8, 4) is 28.5 Å². The van der Waals surface area contributed by atoms with Crippen LogP contribution in [0.4, 0.5) is 17.2 Å². The van der Waals surface area contributed by atoms with Crippen molar-refractivity contribution < 1.29 is 14.2 Å². The van der Waals surface area contributed by atoms with Crippen molar-refractivity contribution >= 4 is 17.2 Å². The van der Waals surface area contributed by atoms with E-state index in [-0.39, 0.29) is 0 Å². The Morgan fingerprint density at radius 2 is 1.62 bits per heavy atom. The summed E-state index contributed by atoms with van der Waals surface area (Å²) in [6, 6.07) is 13.0. The second kappa shape index (κ2) is 7.60. The van der Waals surface area contributed by atoms with E-state index in [2.05, 4.69) is 15.3 Å². The lowest BCUT2D eigenvalue weighted by Gasteiger charge is -2.15. The van der Waals surface area contributed by atoms with E-state index in [1.54, 1.807) is 21.3 Å². The zero-order valence-corrected chi connectivity index (χ0v) is 14.8. The number of hydrogen-bond donors (Lipinski definition) is 2. The number of hydrogen-bond acceptors (Lipinski definition) is 7. The molecule has 2 aromatic carbocycles. The molecule has 0 bridgehead atoms. The molecule has 1 aromatic heterocycles. The van der Waals surface area contributed by atoms with Gasteiger partial charge in [-0.3, -0.25) is 0 Å². The molecular weight excluding hydrogens is 332 g/mol. The standard InChI is InChI=1S/C19H20N4O3/c1-24-16-8-14(9-17(25-2)19(16)26-3)23-18-10-15(21-11-22-18)12-5-4-6-13(20)7-12/h4-11H,20H2,1-3H3,(H,21,22,23). The minimum absolute atomic E-state index is 0.531. The predicted octanol–water partition coefficient (Wildman–Crippen LogP) is 3.50. The monoisotopic (exact) mass is 352 g/mol. The second-order valence-corrected chi connectivity index (χ2v) is 5.45. The van der Waals surface area contributed by atoms with Crippen molar-refractivity contribution in [3.63, 3.8) is 0 Å². The molecular formula is C19H20N4O3. The van der Waals surface area contributed by atoms with E-state index in [0.717, 1.165) is 16.9 Å². The quantitative estimate of drug-likeness (QED) is 0.656. The predicted molar refractivity (Wildman–Crippen MR) is 101 cm³/mol. The summed E-state index contributed by atoms with van der Waals surface area (Å²) >= 11 is 0. The average Bonchev–Trinajstić information content (AvgIpc) is 2.67. The van der Waals surface area contributed by atoms with Gasteiger partial charge in [0.25, 0.3) is 0 Å². The van der Waals surface area contributed by atoms with Gasteiger partial charge in [0.05, 0.1) is 27.0 Å². The van der Waals surface area contributed by atoms with Crippen molar-refractivity contribution in [3.05, 3.63) is 48.8 Å². The lowest BCUT2D eigenvalue weighted by molar-refractivity contribution is 0.324. The molecule has 0 fully saturated rings. The highest BCUT2D eigenvalue weighted by atomic mass is 16.5. The molecule has 7 heteroatoms. The summed E-state index contributed by atoms with van der Waals surface area (Å²) in [6.07, 6.45) is 1.50. The van der Waals surface area contributed by atoms with Gasteiger partial charge in [-0.05, 0) is 12.1 Å². The SMILES string of the molecule is COc1cc(Nc2cc(-c3cccc(N)c3)ncn2)cc(OC)c1OC. The van der Waals surface area contributed by atoms with E-state index in [1.165, 1.54) is 6.33 Å². The highest BCUT2D eigenvalue weighted by Crippen LogP contribution is 2.40. The van der Waals surface area contributed by atoms with Crippen LogP contribution in [0.1, 0.15) is 0 Å². The molecule has 0 atom stereocenters. The number of rotatable bonds is 6. The van der Waals surface area contributed by atoms with Crippen LogP contribution in [-0.4, -0.2) is 31.3 Å². The molecule has 0 saturated carbocycles. The van der Waals surface area contributed by atoms with Crippen molar-refractivity contribution in [1.29, 1.82) is 0 Å². The molecule has 7 nitrogen and oxygen atoms in total. The Morgan fingerprint density at radius 3 is 2.23 bits per heavy atom. The molecule has 0 aliphatic carbocycles. The van der Waals surface area contributed by atoms with Crippen LogP contribution in [0.25, 0.3) is 11.3 Å². The van der Waals surface area contributed by atoms with Crippen molar-refractivity contribution in [2.45, 2.75) is 0 Å². The normalized spacial score (nSPS) is 10.3. The first-order valence-electron chi connectivity index (χ1n) is 7.89. The van der Waals surface area contributed by atoms with Crippen molar-refractivity contribution in [2.24, 2.45) is 0 Å². The molecule has 3 aromatic rings. The van der Waals surface area contributed by atoms with E-state index in [4.69, 9.17) is 19.9 Å². The Hall–Kier alpha value is -3.48. The highest BCUT2D eigenvalue weighted by Gasteiger charge is 2.13. The molecule has 26 heavy (non-hydrogen) atoms. The third-order valence-electron chi connectivity index (χ3n) is 3.79. The number of nitrogens with zero attached hydrogens (tertiary/aromatic N) is 2. The third kappa shape index (κ3) is 3.61. The molecule has 0 amide bonds. The molecule has 3 rings (SSSR count). The van der Waals surface area contributed by atoms with E-state index < -0.39 is 0 Å². The topological polar surface area (TPSA) is 91.5 Å².